The molecule has 1 N–H and O–H groups in total. The van der Waals surface area contributed by atoms with E-state index in [0.717, 1.165) is 34.9 Å². The lowest BCUT2D eigenvalue weighted by Crippen LogP contribution is -2.32. The number of aryl methyl sites for hydroxylation is 1. The quantitative estimate of drug-likeness (QED) is 0.290. The molecule has 202 valence electrons. The number of rotatable bonds is 6. The fourth-order valence-electron chi connectivity index (χ4n) is 4.91. The van der Waals surface area contributed by atoms with E-state index in [4.69, 9.17) is 14.5 Å². The number of aliphatic hydroxyl groups excluding tert-OH is 1. The van der Waals surface area contributed by atoms with Gasteiger partial charge in [0.05, 0.1) is 18.1 Å². The van der Waals surface area contributed by atoms with E-state index < -0.39 is 47.3 Å². The third-order valence-electron chi connectivity index (χ3n) is 6.81. The van der Waals surface area contributed by atoms with Gasteiger partial charge in [-0.2, -0.15) is 4.89 Å². The Morgan fingerprint density at radius 1 is 1.08 bits per heavy atom. The molecule has 9 heteroatoms. The number of hydrogen-bond acceptors (Lipinski definition) is 6. The summed E-state index contributed by atoms with van der Waals surface area (Å²) in [5, 5.41) is 9.95. The van der Waals surface area contributed by atoms with Crippen molar-refractivity contribution in [2.75, 3.05) is 0 Å². The molecule has 0 saturated carbocycles. The van der Waals surface area contributed by atoms with Gasteiger partial charge in [-0.05, 0) is 77.4 Å². The second-order valence-electron chi connectivity index (χ2n) is 10.3. The second kappa shape index (κ2) is 11.1. The van der Waals surface area contributed by atoms with Gasteiger partial charge in [-0.15, -0.1) is 0 Å². The average Bonchev–Trinajstić information content (AvgIpc) is 2.84. The van der Waals surface area contributed by atoms with Crippen molar-refractivity contribution in [1.82, 2.24) is 0 Å². The summed E-state index contributed by atoms with van der Waals surface area (Å²) < 4.78 is 46.1. The predicted octanol–water partition coefficient (Wildman–Crippen LogP) is 5.77. The van der Waals surface area contributed by atoms with Gasteiger partial charge in [-0.25, -0.2) is 18.0 Å². The molecule has 0 spiro atoms. The SMILES string of the molecule is Cc1cc(C2=C(/C=C/[C@@H]3C[C@@H](O)CC(=O)O3)C(C)(C)CC(OOC(=O)c3ccc(F)c(F)c3)C2)ccc1F. The molecule has 0 bridgehead atoms. The lowest BCUT2D eigenvalue weighted by molar-refractivity contribution is -0.278. The first-order valence-electron chi connectivity index (χ1n) is 12.3. The first-order chi connectivity index (χ1) is 17.9. The summed E-state index contributed by atoms with van der Waals surface area (Å²) in [4.78, 5) is 34.6. The summed E-state index contributed by atoms with van der Waals surface area (Å²) in [6, 6.07) is 7.40. The highest BCUT2D eigenvalue weighted by molar-refractivity contribution is 5.88. The summed E-state index contributed by atoms with van der Waals surface area (Å²) in [6.07, 6.45) is 2.60. The van der Waals surface area contributed by atoms with E-state index in [1.807, 2.05) is 19.9 Å². The highest BCUT2D eigenvalue weighted by atomic mass is 19.2. The van der Waals surface area contributed by atoms with Crippen molar-refractivity contribution in [2.24, 2.45) is 5.41 Å². The molecule has 2 aliphatic rings. The second-order valence-corrected chi connectivity index (χ2v) is 10.3. The molecule has 1 aliphatic carbocycles. The van der Waals surface area contributed by atoms with Crippen LogP contribution in [0.15, 0.2) is 54.1 Å². The lowest BCUT2D eigenvalue weighted by Gasteiger charge is -2.38. The molecule has 2 aromatic carbocycles. The molecule has 38 heavy (non-hydrogen) atoms. The third-order valence-corrected chi connectivity index (χ3v) is 6.81. The number of hydrogen-bond donors (Lipinski definition) is 1. The standard InChI is InChI=1S/C29H29F3O6/c1-16-10-17(4-8-24(16)30)22-14-21(37-38-28(35)18-5-9-25(31)26(32)11-18)15-29(2,3)23(22)7-6-20-12-19(33)13-27(34)36-20/h4-11,19-21,33H,12-15H2,1-3H3/b7-6+/t19-,20-,21?/m1/s1. The topological polar surface area (TPSA) is 82.1 Å². The minimum absolute atomic E-state index is 0.0407. The average molecular weight is 531 g/mol. The van der Waals surface area contributed by atoms with Gasteiger partial charge in [-0.3, -0.25) is 9.68 Å². The fourth-order valence-corrected chi connectivity index (χ4v) is 4.91. The minimum atomic E-state index is -1.18. The Balaban J connectivity index is 1.61. The van der Waals surface area contributed by atoms with E-state index >= 15 is 0 Å². The molecule has 0 radical (unpaired) electrons. The van der Waals surface area contributed by atoms with Gasteiger partial charge in [0.15, 0.2) is 11.6 Å². The molecular weight excluding hydrogens is 501 g/mol. The highest BCUT2D eigenvalue weighted by Crippen LogP contribution is 2.46. The molecule has 1 saturated heterocycles. The van der Waals surface area contributed by atoms with Gasteiger partial charge < -0.3 is 9.84 Å². The number of ether oxygens (including phenoxy) is 1. The minimum Gasteiger partial charge on any atom is -0.458 e. The van der Waals surface area contributed by atoms with Crippen LogP contribution in [0.25, 0.3) is 5.57 Å². The van der Waals surface area contributed by atoms with Crippen LogP contribution in [0.1, 0.15) is 61.0 Å². The zero-order valence-corrected chi connectivity index (χ0v) is 21.3. The molecule has 1 unspecified atom stereocenters. The normalized spacial score (nSPS) is 23.4. The largest absolute Gasteiger partial charge is 0.458 e. The van der Waals surface area contributed by atoms with Crippen molar-refractivity contribution in [3.05, 3.63) is 88.3 Å². The molecule has 4 rings (SSSR count). The maximum absolute atomic E-state index is 14.0. The Morgan fingerprint density at radius 3 is 2.50 bits per heavy atom. The maximum atomic E-state index is 14.0. The van der Waals surface area contributed by atoms with E-state index in [9.17, 15) is 27.9 Å². The third kappa shape index (κ3) is 6.34. The van der Waals surface area contributed by atoms with E-state index in [1.54, 1.807) is 25.1 Å². The van der Waals surface area contributed by atoms with Gasteiger partial charge in [0, 0.05) is 12.8 Å². The number of esters is 1. The Kier molecular flexibility index (Phi) is 8.08. The molecular formula is C29H29F3O6. The van der Waals surface area contributed by atoms with Gasteiger partial charge in [0.2, 0.25) is 0 Å². The van der Waals surface area contributed by atoms with Crippen molar-refractivity contribution < 1.29 is 42.4 Å². The van der Waals surface area contributed by atoms with Crippen LogP contribution in [0.5, 0.6) is 0 Å². The van der Waals surface area contributed by atoms with Crippen molar-refractivity contribution >= 4 is 17.5 Å². The number of benzene rings is 2. The molecule has 0 amide bonds. The molecule has 1 fully saturated rings. The number of carbonyl (C=O) groups is 2. The molecule has 6 nitrogen and oxygen atoms in total. The van der Waals surface area contributed by atoms with Crippen molar-refractivity contribution in [3.8, 4) is 0 Å². The fraction of sp³-hybridized carbons (Fsp3) is 0.379. The summed E-state index contributed by atoms with van der Waals surface area (Å²) >= 11 is 0. The van der Waals surface area contributed by atoms with E-state index in [2.05, 4.69) is 0 Å². The molecule has 1 heterocycles. The van der Waals surface area contributed by atoms with Gasteiger partial charge in [0.1, 0.15) is 18.0 Å². The van der Waals surface area contributed by atoms with Gasteiger partial charge in [-0.1, -0.05) is 26.0 Å². The Hall–Kier alpha value is -3.43. The Labute approximate surface area is 218 Å². The summed E-state index contributed by atoms with van der Waals surface area (Å²) in [5.74, 6) is -4.05. The number of cyclic esters (lactones) is 1. The highest BCUT2D eigenvalue weighted by Gasteiger charge is 2.37. The maximum Gasteiger partial charge on any atom is 0.373 e. The zero-order valence-electron chi connectivity index (χ0n) is 21.3. The number of carbonyl (C=O) groups excluding carboxylic acids is 2. The smallest absolute Gasteiger partial charge is 0.373 e. The van der Waals surface area contributed by atoms with Crippen LogP contribution in [0.4, 0.5) is 13.2 Å². The van der Waals surface area contributed by atoms with Gasteiger partial charge in [0.25, 0.3) is 0 Å². The Morgan fingerprint density at radius 2 is 1.82 bits per heavy atom. The molecule has 0 aromatic heterocycles. The summed E-state index contributed by atoms with van der Waals surface area (Å²) in [5.41, 5.74) is 2.19. The molecule has 2 aromatic rings. The van der Waals surface area contributed by atoms with Crippen molar-refractivity contribution in [3.63, 3.8) is 0 Å². The number of halogens is 3. The van der Waals surface area contributed by atoms with E-state index in [1.165, 1.54) is 6.07 Å². The van der Waals surface area contributed by atoms with Crippen LogP contribution >= 0.6 is 0 Å². The van der Waals surface area contributed by atoms with Crippen LogP contribution < -0.4 is 0 Å². The van der Waals surface area contributed by atoms with Crippen LogP contribution in [0, 0.1) is 29.8 Å². The number of aliphatic hydroxyl groups is 1. The first kappa shape index (κ1) is 27.6. The van der Waals surface area contributed by atoms with Crippen molar-refractivity contribution in [2.45, 2.75) is 64.8 Å². The van der Waals surface area contributed by atoms with Crippen LogP contribution in [-0.2, 0) is 19.3 Å². The Bertz CT molecular complexity index is 1300. The van der Waals surface area contributed by atoms with Crippen LogP contribution in [-0.4, -0.2) is 35.4 Å². The molecule has 1 aliphatic heterocycles. The predicted molar refractivity (Wildman–Crippen MR) is 132 cm³/mol. The van der Waals surface area contributed by atoms with Gasteiger partial charge >= 0.3 is 11.9 Å². The molecule has 3 atom stereocenters. The lowest BCUT2D eigenvalue weighted by atomic mass is 9.69. The summed E-state index contributed by atoms with van der Waals surface area (Å²) in [7, 11) is 0. The monoisotopic (exact) mass is 530 g/mol. The van der Waals surface area contributed by atoms with E-state index in [-0.39, 0.29) is 24.2 Å². The van der Waals surface area contributed by atoms with E-state index in [0.29, 0.717) is 18.4 Å². The first-order valence-corrected chi connectivity index (χ1v) is 12.3. The van der Waals surface area contributed by atoms with Crippen LogP contribution in [0.2, 0.25) is 0 Å². The van der Waals surface area contributed by atoms with Crippen molar-refractivity contribution in [1.29, 1.82) is 0 Å². The zero-order chi connectivity index (χ0) is 27.6. The van der Waals surface area contributed by atoms with Crippen LogP contribution in [0.3, 0.4) is 0 Å². The number of allylic oxidation sites excluding steroid dienone is 2. The summed E-state index contributed by atoms with van der Waals surface area (Å²) in [6.45, 7) is 5.60.